The Morgan fingerprint density at radius 3 is 1.73 bits per heavy atom. The predicted molar refractivity (Wildman–Crippen MR) is 52.8 cm³/mol. The molecular weight excluding hydrogens is 132 g/mol. The maximum Gasteiger partial charge on any atom is -0.0443 e. The zero-order valence-corrected chi connectivity index (χ0v) is 8.69. The molecule has 0 aromatic rings. The first-order chi connectivity index (χ1) is 5.16. The first-order valence-electron chi connectivity index (χ1n) is 5.16. The highest BCUT2D eigenvalue weighted by Crippen LogP contribution is 2.24. The van der Waals surface area contributed by atoms with Crippen molar-refractivity contribution in [1.29, 1.82) is 0 Å². The second-order valence-corrected chi connectivity index (χ2v) is 4.22. The van der Waals surface area contributed by atoms with Gasteiger partial charge in [0.25, 0.3) is 0 Å². The van der Waals surface area contributed by atoms with E-state index in [9.17, 15) is 0 Å². The van der Waals surface area contributed by atoms with Gasteiger partial charge in [0.15, 0.2) is 0 Å². The Bertz CT molecular complexity index is 70.1. The fourth-order valence-corrected chi connectivity index (χ4v) is 1.19. The van der Waals surface area contributed by atoms with E-state index in [2.05, 4.69) is 27.7 Å². The van der Waals surface area contributed by atoms with Crippen molar-refractivity contribution in [2.75, 3.05) is 0 Å². The number of hydrogen-bond donors (Lipinski definition) is 0. The Labute approximate surface area is 72.4 Å². The minimum atomic E-state index is 0.898. The normalized spacial score (nSPS) is 17.2. The van der Waals surface area contributed by atoms with Crippen LogP contribution in [0.4, 0.5) is 0 Å². The van der Waals surface area contributed by atoms with E-state index >= 15 is 0 Å². The molecule has 0 nitrogen and oxygen atoms in total. The van der Waals surface area contributed by atoms with Crippen LogP contribution < -0.4 is 0 Å². The third-order valence-electron chi connectivity index (χ3n) is 2.26. The van der Waals surface area contributed by atoms with Gasteiger partial charge in [0.2, 0.25) is 0 Å². The van der Waals surface area contributed by atoms with Crippen LogP contribution in [0.25, 0.3) is 0 Å². The molecule has 0 bridgehead atoms. The van der Waals surface area contributed by atoms with E-state index in [0.717, 1.165) is 11.8 Å². The lowest BCUT2D eigenvalue weighted by Crippen LogP contribution is -2.04. The van der Waals surface area contributed by atoms with Gasteiger partial charge in [-0.25, -0.2) is 0 Å². The third kappa shape index (κ3) is 7.90. The van der Waals surface area contributed by atoms with Crippen LogP contribution in [0, 0.1) is 11.8 Å². The molecule has 0 amide bonds. The SMILES string of the molecule is CC1CCC1.CCCC(C)C. The van der Waals surface area contributed by atoms with Crippen molar-refractivity contribution in [3.63, 3.8) is 0 Å². The van der Waals surface area contributed by atoms with Crippen molar-refractivity contribution in [3.05, 3.63) is 0 Å². The van der Waals surface area contributed by atoms with Crippen LogP contribution in [-0.4, -0.2) is 0 Å². The lowest BCUT2D eigenvalue weighted by atomic mass is 9.88. The van der Waals surface area contributed by atoms with Gasteiger partial charge >= 0.3 is 0 Å². The Kier molecular flexibility index (Phi) is 6.69. The van der Waals surface area contributed by atoms with Gasteiger partial charge < -0.3 is 0 Å². The highest BCUT2D eigenvalue weighted by atomic mass is 14.1. The van der Waals surface area contributed by atoms with Gasteiger partial charge in [-0.1, -0.05) is 59.8 Å². The molecular formula is C11H24. The van der Waals surface area contributed by atoms with Crippen LogP contribution in [-0.2, 0) is 0 Å². The van der Waals surface area contributed by atoms with E-state index in [1.165, 1.54) is 32.1 Å². The smallest absolute Gasteiger partial charge is 0.0443 e. The lowest BCUT2D eigenvalue weighted by Gasteiger charge is -2.18. The molecule has 0 unspecified atom stereocenters. The molecule has 0 spiro atoms. The van der Waals surface area contributed by atoms with Gasteiger partial charge in [-0.2, -0.15) is 0 Å². The van der Waals surface area contributed by atoms with Crippen LogP contribution in [0.5, 0.6) is 0 Å². The molecule has 0 heteroatoms. The van der Waals surface area contributed by atoms with Crippen molar-refractivity contribution in [3.8, 4) is 0 Å². The first kappa shape index (κ1) is 11.0. The van der Waals surface area contributed by atoms with E-state index in [0.29, 0.717) is 0 Å². The minimum Gasteiger partial charge on any atom is -0.0654 e. The molecule has 0 saturated heterocycles. The molecule has 0 aromatic heterocycles. The van der Waals surface area contributed by atoms with Gasteiger partial charge in [0.05, 0.1) is 0 Å². The van der Waals surface area contributed by atoms with Crippen LogP contribution in [0.15, 0.2) is 0 Å². The summed E-state index contributed by atoms with van der Waals surface area (Å²) in [5, 5.41) is 0. The molecule has 68 valence electrons. The van der Waals surface area contributed by atoms with Crippen LogP contribution in [0.1, 0.15) is 59.8 Å². The second-order valence-electron chi connectivity index (χ2n) is 4.22. The average molecular weight is 156 g/mol. The predicted octanol–water partition coefficient (Wildman–Crippen LogP) is 4.25. The van der Waals surface area contributed by atoms with Gasteiger partial charge in [0.1, 0.15) is 0 Å². The largest absolute Gasteiger partial charge is 0.0654 e. The fraction of sp³-hybridized carbons (Fsp3) is 1.00. The zero-order chi connectivity index (χ0) is 8.69. The molecule has 1 fully saturated rings. The second kappa shape index (κ2) is 6.69. The van der Waals surface area contributed by atoms with Crippen molar-refractivity contribution in [1.82, 2.24) is 0 Å². The standard InChI is InChI=1S/C6H14.C5H10/c1-4-5-6(2)3;1-5-3-2-4-5/h6H,4-5H2,1-3H3;5H,2-4H2,1H3. The van der Waals surface area contributed by atoms with E-state index in [1.807, 2.05) is 0 Å². The summed E-state index contributed by atoms with van der Waals surface area (Å²) >= 11 is 0. The zero-order valence-electron chi connectivity index (χ0n) is 8.69. The van der Waals surface area contributed by atoms with Crippen LogP contribution in [0.3, 0.4) is 0 Å². The molecule has 0 aromatic carbocycles. The molecule has 0 radical (unpaired) electrons. The monoisotopic (exact) mass is 156 g/mol. The Morgan fingerprint density at radius 1 is 1.27 bits per heavy atom. The van der Waals surface area contributed by atoms with Gasteiger partial charge in [-0.15, -0.1) is 0 Å². The minimum absolute atomic E-state index is 0.898. The summed E-state index contributed by atoms with van der Waals surface area (Å²) in [6.45, 7) is 9.04. The molecule has 0 N–H and O–H groups in total. The average Bonchev–Trinajstić information content (AvgIpc) is 1.85. The van der Waals surface area contributed by atoms with E-state index in [4.69, 9.17) is 0 Å². The quantitative estimate of drug-likeness (QED) is 0.560. The molecule has 1 rings (SSSR count). The highest BCUT2D eigenvalue weighted by Gasteiger charge is 2.09. The van der Waals surface area contributed by atoms with Gasteiger partial charge in [0, 0.05) is 0 Å². The Morgan fingerprint density at radius 2 is 1.73 bits per heavy atom. The van der Waals surface area contributed by atoms with Crippen LogP contribution >= 0.6 is 0 Å². The summed E-state index contributed by atoms with van der Waals surface area (Å²) in [6, 6.07) is 0. The molecule has 1 saturated carbocycles. The highest BCUT2D eigenvalue weighted by molar-refractivity contribution is 4.62. The van der Waals surface area contributed by atoms with E-state index in [1.54, 1.807) is 0 Å². The van der Waals surface area contributed by atoms with Gasteiger partial charge in [-0.05, 0) is 11.8 Å². The summed E-state index contributed by atoms with van der Waals surface area (Å²) in [4.78, 5) is 0. The Balaban J connectivity index is 0.000000183. The summed E-state index contributed by atoms with van der Waals surface area (Å²) in [7, 11) is 0. The molecule has 0 atom stereocenters. The van der Waals surface area contributed by atoms with E-state index < -0.39 is 0 Å². The summed E-state index contributed by atoms with van der Waals surface area (Å²) in [5.74, 6) is 1.96. The Hall–Kier alpha value is 0. The molecule has 0 aliphatic heterocycles. The summed E-state index contributed by atoms with van der Waals surface area (Å²) < 4.78 is 0. The van der Waals surface area contributed by atoms with Crippen molar-refractivity contribution >= 4 is 0 Å². The molecule has 11 heavy (non-hydrogen) atoms. The summed E-state index contributed by atoms with van der Waals surface area (Å²) in [6.07, 6.45) is 7.17. The number of rotatable bonds is 2. The summed E-state index contributed by atoms with van der Waals surface area (Å²) in [5.41, 5.74) is 0. The van der Waals surface area contributed by atoms with Crippen molar-refractivity contribution < 1.29 is 0 Å². The van der Waals surface area contributed by atoms with Crippen LogP contribution in [0.2, 0.25) is 0 Å². The fourth-order valence-electron chi connectivity index (χ4n) is 1.19. The third-order valence-corrected chi connectivity index (χ3v) is 2.26. The molecule has 1 aliphatic rings. The maximum absolute atomic E-state index is 2.31. The molecule has 0 heterocycles. The lowest BCUT2D eigenvalue weighted by molar-refractivity contribution is 0.346. The number of hydrogen-bond acceptors (Lipinski definition) is 0. The van der Waals surface area contributed by atoms with E-state index in [-0.39, 0.29) is 0 Å². The maximum atomic E-state index is 2.31. The van der Waals surface area contributed by atoms with Gasteiger partial charge in [-0.3, -0.25) is 0 Å². The van der Waals surface area contributed by atoms with Crippen molar-refractivity contribution in [2.24, 2.45) is 11.8 Å². The molecule has 1 aliphatic carbocycles. The van der Waals surface area contributed by atoms with Crippen molar-refractivity contribution in [2.45, 2.75) is 59.8 Å². The first-order valence-corrected chi connectivity index (χ1v) is 5.16. The topological polar surface area (TPSA) is 0 Å².